The van der Waals surface area contributed by atoms with E-state index in [1.54, 1.807) is 0 Å². The van der Waals surface area contributed by atoms with Crippen LogP contribution < -0.4 is 0 Å². The number of aliphatic hydroxyl groups excluding tert-OH is 1. The largest absolute Gasteiger partial charge is 0.390 e. The van der Waals surface area contributed by atoms with Crippen molar-refractivity contribution in [2.24, 2.45) is 0 Å². The molecule has 1 aromatic carbocycles. The molecule has 0 aliphatic rings. The van der Waals surface area contributed by atoms with Crippen molar-refractivity contribution in [2.75, 3.05) is 0 Å². The number of nitrogens with zero attached hydrogens (tertiary/aromatic N) is 1. The SMILES string of the molecule is OCc1nc(Cl)ccc1-c1cccc(F)c1F. The molecule has 0 amide bonds. The minimum Gasteiger partial charge on any atom is -0.390 e. The minimum absolute atomic E-state index is 0.0539. The second kappa shape index (κ2) is 4.77. The summed E-state index contributed by atoms with van der Waals surface area (Å²) in [4.78, 5) is 3.87. The molecule has 0 unspecified atom stereocenters. The van der Waals surface area contributed by atoms with E-state index in [9.17, 15) is 8.78 Å². The fraction of sp³-hybridized carbons (Fsp3) is 0.0833. The van der Waals surface area contributed by atoms with Gasteiger partial charge in [0.2, 0.25) is 0 Å². The molecule has 5 heteroatoms. The maximum atomic E-state index is 13.6. The molecule has 1 heterocycles. The molecule has 0 radical (unpaired) electrons. The Morgan fingerprint density at radius 3 is 2.59 bits per heavy atom. The molecule has 0 fully saturated rings. The molecule has 0 spiro atoms. The van der Waals surface area contributed by atoms with Crippen LogP contribution >= 0.6 is 11.6 Å². The first-order chi connectivity index (χ1) is 8.13. The molecule has 2 rings (SSSR count). The summed E-state index contributed by atoms with van der Waals surface area (Å²) in [5.41, 5.74) is 0.592. The maximum absolute atomic E-state index is 13.6. The van der Waals surface area contributed by atoms with Crippen LogP contribution in [0.3, 0.4) is 0 Å². The predicted molar refractivity (Wildman–Crippen MR) is 60.5 cm³/mol. The van der Waals surface area contributed by atoms with Gasteiger partial charge in [-0.05, 0) is 18.2 Å². The van der Waals surface area contributed by atoms with Gasteiger partial charge in [-0.1, -0.05) is 23.7 Å². The third-order valence-electron chi connectivity index (χ3n) is 2.33. The molecule has 1 N–H and O–H groups in total. The summed E-state index contributed by atoms with van der Waals surface area (Å²) in [6.45, 7) is -0.397. The zero-order valence-electron chi connectivity index (χ0n) is 8.62. The zero-order valence-corrected chi connectivity index (χ0v) is 9.38. The van der Waals surface area contributed by atoms with Gasteiger partial charge in [-0.3, -0.25) is 0 Å². The van der Waals surface area contributed by atoms with Gasteiger partial charge in [-0.15, -0.1) is 0 Å². The van der Waals surface area contributed by atoms with Gasteiger partial charge in [0.25, 0.3) is 0 Å². The highest BCUT2D eigenvalue weighted by Crippen LogP contribution is 2.27. The fourth-order valence-electron chi connectivity index (χ4n) is 1.55. The second-order valence-electron chi connectivity index (χ2n) is 3.39. The van der Waals surface area contributed by atoms with Gasteiger partial charge in [0, 0.05) is 11.1 Å². The lowest BCUT2D eigenvalue weighted by atomic mass is 10.0. The number of halogens is 3. The van der Waals surface area contributed by atoms with Gasteiger partial charge < -0.3 is 5.11 Å². The molecule has 0 aliphatic carbocycles. The van der Waals surface area contributed by atoms with Crippen molar-refractivity contribution in [3.8, 4) is 11.1 Å². The monoisotopic (exact) mass is 255 g/mol. The molecule has 0 saturated carbocycles. The Labute approximate surface area is 102 Å². The first kappa shape index (κ1) is 12.0. The van der Waals surface area contributed by atoms with E-state index in [0.29, 0.717) is 5.56 Å². The number of hydrogen-bond acceptors (Lipinski definition) is 2. The molecule has 88 valence electrons. The van der Waals surface area contributed by atoms with Crippen LogP contribution in [0.5, 0.6) is 0 Å². The zero-order chi connectivity index (χ0) is 12.4. The van der Waals surface area contributed by atoms with Crippen molar-refractivity contribution in [3.05, 3.63) is 52.8 Å². The average molecular weight is 256 g/mol. The molecule has 2 nitrogen and oxygen atoms in total. The highest BCUT2D eigenvalue weighted by atomic mass is 35.5. The Morgan fingerprint density at radius 2 is 1.88 bits per heavy atom. The van der Waals surface area contributed by atoms with Crippen molar-refractivity contribution in [1.82, 2.24) is 4.98 Å². The van der Waals surface area contributed by atoms with Crippen LogP contribution in [-0.4, -0.2) is 10.1 Å². The average Bonchev–Trinajstić information content (AvgIpc) is 2.33. The molecule has 0 bridgehead atoms. The lowest BCUT2D eigenvalue weighted by Crippen LogP contribution is -1.97. The van der Waals surface area contributed by atoms with Crippen molar-refractivity contribution in [3.63, 3.8) is 0 Å². The molecular formula is C12H8ClF2NO. The number of aromatic nitrogens is 1. The van der Waals surface area contributed by atoms with Crippen LogP contribution in [-0.2, 0) is 6.61 Å². The van der Waals surface area contributed by atoms with E-state index in [-0.39, 0.29) is 16.4 Å². The van der Waals surface area contributed by atoms with E-state index < -0.39 is 18.2 Å². The van der Waals surface area contributed by atoms with E-state index in [1.165, 1.54) is 24.3 Å². The molecule has 0 atom stereocenters. The fourth-order valence-corrected chi connectivity index (χ4v) is 1.72. The van der Waals surface area contributed by atoms with Crippen LogP contribution in [0.4, 0.5) is 8.78 Å². The van der Waals surface area contributed by atoms with Crippen molar-refractivity contribution < 1.29 is 13.9 Å². The number of rotatable bonds is 2. The lowest BCUT2D eigenvalue weighted by Gasteiger charge is -2.08. The van der Waals surface area contributed by atoms with E-state index >= 15 is 0 Å². The lowest BCUT2D eigenvalue weighted by molar-refractivity contribution is 0.277. The van der Waals surface area contributed by atoms with Gasteiger partial charge >= 0.3 is 0 Å². The standard InChI is InChI=1S/C12H8ClF2NO/c13-11-5-4-7(10(6-17)16-11)8-2-1-3-9(14)12(8)15/h1-5,17H,6H2. The highest BCUT2D eigenvalue weighted by molar-refractivity contribution is 6.29. The van der Waals surface area contributed by atoms with Gasteiger partial charge in [-0.2, -0.15) is 0 Å². The number of aliphatic hydroxyl groups is 1. The number of hydrogen-bond donors (Lipinski definition) is 1. The predicted octanol–water partition coefficient (Wildman–Crippen LogP) is 3.17. The van der Waals surface area contributed by atoms with Gasteiger partial charge in [0.15, 0.2) is 11.6 Å². The van der Waals surface area contributed by atoms with E-state index in [2.05, 4.69) is 4.98 Å². The normalized spacial score (nSPS) is 10.6. The van der Waals surface area contributed by atoms with E-state index in [0.717, 1.165) is 6.07 Å². The first-order valence-corrected chi connectivity index (χ1v) is 5.22. The van der Waals surface area contributed by atoms with Crippen LogP contribution in [0.2, 0.25) is 5.15 Å². The highest BCUT2D eigenvalue weighted by Gasteiger charge is 2.13. The Morgan fingerprint density at radius 1 is 1.12 bits per heavy atom. The minimum atomic E-state index is -0.966. The van der Waals surface area contributed by atoms with E-state index in [4.69, 9.17) is 16.7 Å². The second-order valence-corrected chi connectivity index (χ2v) is 3.77. The molecule has 17 heavy (non-hydrogen) atoms. The van der Waals surface area contributed by atoms with Crippen LogP contribution in [0, 0.1) is 11.6 Å². The van der Waals surface area contributed by atoms with Crippen molar-refractivity contribution in [1.29, 1.82) is 0 Å². The first-order valence-electron chi connectivity index (χ1n) is 4.84. The van der Waals surface area contributed by atoms with Crippen LogP contribution in [0.25, 0.3) is 11.1 Å². The Bertz CT molecular complexity index is 560. The topological polar surface area (TPSA) is 33.1 Å². The number of benzene rings is 1. The van der Waals surface area contributed by atoms with Crippen molar-refractivity contribution >= 4 is 11.6 Å². The van der Waals surface area contributed by atoms with Gasteiger partial charge in [-0.25, -0.2) is 13.8 Å². The van der Waals surface area contributed by atoms with Crippen LogP contribution in [0.1, 0.15) is 5.69 Å². The Balaban J connectivity index is 2.64. The summed E-state index contributed by atoms with van der Waals surface area (Å²) in [5.74, 6) is -1.91. The molecule has 2 aromatic rings. The summed E-state index contributed by atoms with van der Waals surface area (Å²) >= 11 is 5.66. The summed E-state index contributed by atoms with van der Waals surface area (Å²) in [6.07, 6.45) is 0. The van der Waals surface area contributed by atoms with Crippen molar-refractivity contribution in [2.45, 2.75) is 6.61 Å². The molecule has 1 aromatic heterocycles. The summed E-state index contributed by atoms with van der Waals surface area (Å²) in [6, 6.07) is 6.80. The van der Waals surface area contributed by atoms with E-state index in [1.807, 2.05) is 0 Å². The maximum Gasteiger partial charge on any atom is 0.166 e. The summed E-state index contributed by atoms with van der Waals surface area (Å²) in [5, 5.41) is 9.32. The smallest absolute Gasteiger partial charge is 0.166 e. The molecular weight excluding hydrogens is 248 g/mol. The van der Waals surface area contributed by atoms with Crippen LogP contribution in [0.15, 0.2) is 30.3 Å². The Hall–Kier alpha value is -1.52. The van der Waals surface area contributed by atoms with Gasteiger partial charge in [0.1, 0.15) is 5.15 Å². The third-order valence-corrected chi connectivity index (χ3v) is 2.54. The Kier molecular flexibility index (Phi) is 3.36. The summed E-state index contributed by atoms with van der Waals surface area (Å²) < 4.78 is 26.7. The van der Waals surface area contributed by atoms with Gasteiger partial charge in [0.05, 0.1) is 12.3 Å². The molecule has 0 saturated heterocycles. The quantitative estimate of drug-likeness (QED) is 0.836. The molecule has 0 aliphatic heterocycles. The third kappa shape index (κ3) is 2.28. The number of pyridine rings is 1. The summed E-state index contributed by atoms with van der Waals surface area (Å²) in [7, 11) is 0.